The number of aryl methyl sites for hydroxylation is 1. The number of nitrogens with one attached hydrogen (secondary N) is 1. The molecule has 1 N–H and O–H groups in total. The van der Waals surface area contributed by atoms with Gasteiger partial charge < -0.3 is 14.8 Å². The van der Waals surface area contributed by atoms with E-state index < -0.39 is 5.91 Å². The van der Waals surface area contributed by atoms with E-state index in [0.717, 1.165) is 41.7 Å². The largest absolute Gasteiger partial charge is 0.496 e. The molecule has 0 spiro atoms. The van der Waals surface area contributed by atoms with Gasteiger partial charge in [-0.15, -0.1) is 11.3 Å². The minimum absolute atomic E-state index is 0.0665. The average molecular weight is 407 g/mol. The standard InChI is InChI=1S/C22H21N3O3S/c1-13-18(27-2)9-8-14(20(13)28-3)10-15(11-23)21(26)25-22-17(12-24)16-6-4-5-7-19(16)29-22/h8-10H,4-7H2,1-3H3,(H,25,26). The Morgan fingerprint density at radius 3 is 2.62 bits per heavy atom. The van der Waals surface area contributed by atoms with Gasteiger partial charge in [-0.3, -0.25) is 4.79 Å². The fraction of sp³-hybridized carbons (Fsp3) is 0.318. The van der Waals surface area contributed by atoms with E-state index in [0.29, 0.717) is 27.6 Å². The molecule has 148 valence electrons. The van der Waals surface area contributed by atoms with Crippen LogP contribution in [0.15, 0.2) is 17.7 Å². The maximum atomic E-state index is 12.8. The topological polar surface area (TPSA) is 95.1 Å². The highest BCUT2D eigenvalue weighted by atomic mass is 32.1. The highest BCUT2D eigenvalue weighted by Crippen LogP contribution is 2.38. The summed E-state index contributed by atoms with van der Waals surface area (Å²) in [5, 5.41) is 22.4. The number of anilines is 1. The van der Waals surface area contributed by atoms with Crippen LogP contribution in [0.1, 0.15) is 40.0 Å². The van der Waals surface area contributed by atoms with Crippen LogP contribution in [0.5, 0.6) is 11.5 Å². The molecule has 1 amide bonds. The first-order valence-electron chi connectivity index (χ1n) is 9.23. The first-order valence-corrected chi connectivity index (χ1v) is 10.0. The second-order valence-corrected chi connectivity index (χ2v) is 7.77. The number of thiophene rings is 1. The molecule has 0 saturated heterocycles. The van der Waals surface area contributed by atoms with E-state index in [2.05, 4.69) is 11.4 Å². The van der Waals surface area contributed by atoms with Crippen molar-refractivity contribution in [1.82, 2.24) is 0 Å². The van der Waals surface area contributed by atoms with Crippen molar-refractivity contribution in [3.05, 3.63) is 44.8 Å². The molecule has 0 aliphatic heterocycles. The van der Waals surface area contributed by atoms with Crippen molar-refractivity contribution in [2.75, 3.05) is 19.5 Å². The Kier molecular flexibility index (Phi) is 6.21. The molecule has 6 nitrogen and oxygen atoms in total. The SMILES string of the molecule is COc1ccc(C=C(C#N)C(=O)Nc2sc3c(c2C#N)CCCC3)c(OC)c1C. The number of methoxy groups -OCH3 is 2. The van der Waals surface area contributed by atoms with Crippen LogP contribution in [-0.2, 0) is 17.6 Å². The number of hydrogen-bond acceptors (Lipinski definition) is 6. The van der Waals surface area contributed by atoms with Gasteiger partial charge in [0.2, 0.25) is 0 Å². The third-order valence-corrected chi connectivity index (χ3v) is 6.19. The van der Waals surface area contributed by atoms with Crippen LogP contribution in [-0.4, -0.2) is 20.1 Å². The molecular weight excluding hydrogens is 386 g/mol. The lowest BCUT2D eigenvalue weighted by molar-refractivity contribution is -0.112. The van der Waals surface area contributed by atoms with Gasteiger partial charge in [-0.25, -0.2) is 0 Å². The van der Waals surface area contributed by atoms with E-state index >= 15 is 0 Å². The van der Waals surface area contributed by atoms with Gasteiger partial charge in [-0.2, -0.15) is 10.5 Å². The van der Waals surface area contributed by atoms with Crippen molar-refractivity contribution in [2.24, 2.45) is 0 Å². The van der Waals surface area contributed by atoms with Crippen molar-refractivity contribution in [1.29, 1.82) is 10.5 Å². The third-order valence-electron chi connectivity index (χ3n) is 4.99. The Balaban J connectivity index is 1.93. The molecule has 2 aromatic rings. The van der Waals surface area contributed by atoms with Gasteiger partial charge in [-0.05, 0) is 56.4 Å². The van der Waals surface area contributed by atoms with Gasteiger partial charge in [0.1, 0.15) is 34.2 Å². The summed E-state index contributed by atoms with van der Waals surface area (Å²) in [6.45, 7) is 1.84. The molecule has 0 bridgehead atoms. The van der Waals surface area contributed by atoms with Crippen molar-refractivity contribution < 1.29 is 14.3 Å². The summed E-state index contributed by atoms with van der Waals surface area (Å²) in [6, 6.07) is 7.66. The Morgan fingerprint density at radius 1 is 1.21 bits per heavy atom. The molecule has 1 aromatic carbocycles. The Morgan fingerprint density at radius 2 is 1.97 bits per heavy atom. The number of carbonyl (C=O) groups excluding carboxylic acids is 1. The third kappa shape index (κ3) is 3.96. The smallest absolute Gasteiger partial charge is 0.266 e. The van der Waals surface area contributed by atoms with E-state index in [-0.39, 0.29) is 5.57 Å². The normalized spacial score (nSPS) is 13.1. The van der Waals surface area contributed by atoms with Gasteiger partial charge >= 0.3 is 0 Å². The molecule has 1 aliphatic carbocycles. The summed E-state index contributed by atoms with van der Waals surface area (Å²) in [4.78, 5) is 13.9. The van der Waals surface area contributed by atoms with Gasteiger partial charge in [0.05, 0.1) is 19.8 Å². The van der Waals surface area contributed by atoms with Crippen LogP contribution in [0.2, 0.25) is 0 Å². The Bertz CT molecular complexity index is 1070. The lowest BCUT2D eigenvalue weighted by atomic mass is 9.96. The number of rotatable bonds is 5. The van der Waals surface area contributed by atoms with Crippen LogP contribution in [0.25, 0.3) is 6.08 Å². The molecule has 0 radical (unpaired) electrons. The molecule has 0 atom stereocenters. The molecule has 3 rings (SSSR count). The molecule has 0 unspecified atom stereocenters. The zero-order chi connectivity index (χ0) is 21.0. The van der Waals surface area contributed by atoms with Crippen molar-refractivity contribution >= 4 is 28.3 Å². The highest BCUT2D eigenvalue weighted by molar-refractivity contribution is 7.16. The zero-order valence-electron chi connectivity index (χ0n) is 16.6. The summed E-state index contributed by atoms with van der Waals surface area (Å²) in [7, 11) is 3.10. The summed E-state index contributed by atoms with van der Waals surface area (Å²) in [5.74, 6) is 0.650. The number of fused-ring (bicyclic) bond motifs is 1. The molecular formula is C22H21N3O3S. The second-order valence-electron chi connectivity index (χ2n) is 6.67. The number of carbonyl (C=O) groups is 1. The Hall–Kier alpha value is -3.29. The molecule has 29 heavy (non-hydrogen) atoms. The van der Waals surface area contributed by atoms with Crippen LogP contribution in [0.3, 0.4) is 0 Å². The molecule has 1 aromatic heterocycles. The van der Waals surface area contributed by atoms with E-state index in [1.54, 1.807) is 19.2 Å². The molecule has 1 aliphatic rings. The molecule has 7 heteroatoms. The fourth-order valence-electron chi connectivity index (χ4n) is 3.55. The predicted octanol–water partition coefficient (Wildman–Crippen LogP) is 4.37. The summed E-state index contributed by atoms with van der Waals surface area (Å²) >= 11 is 1.43. The number of benzene rings is 1. The lowest BCUT2D eigenvalue weighted by Crippen LogP contribution is -2.13. The lowest BCUT2D eigenvalue weighted by Gasteiger charge is -2.12. The average Bonchev–Trinajstić information content (AvgIpc) is 3.08. The van der Waals surface area contributed by atoms with E-state index in [9.17, 15) is 15.3 Å². The summed E-state index contributed by atoms with van der Waals surface area (Å²) < 4.78 is 10.7. The van der Waals surface area contributed by atoms with Gasteiger partial charge in [-0.1, -0.05) is 0 Å². The molecule has 0 fully saturated rings. The quantitative estimate of drug-likeness (QED) is 0.586. The Labute approximate surface area is 174 Å². The van der Waals surface area contributed by atoms with Gasteiger partial charge in [0, 0.05) is 16.0 Å². The monoisotopic (exact) mass is 407 g/mol. The minimum atomic E-state index is -0.543. The highest BCUT2D eigenvalue weighted by Gasteiger charge is 2.23. The van der Waals surface area contributed by atoms with Crippen LogP contribution >= 0.6 is 11.3 Å². The van der Waals surface area contributed by atoms with E-state index in [1.165, 1.54) is 24.5 Å². The van der Waals surface area contributed by atoms with Crippen LogP contribution in [0.4, 0.5) is 5.00 Å². The summed E-state index contributed by atoms with van der Waals surface area (Å²) in [6.07, 6.45) is 5.40. The molecule has 1 heterocycles. The van der Waals surface area contributed by atoms with Gasteiger partial charge in [0.15, 0.2) is 0 Å². The predicted molar refractivity (Wildman–Crippen MR) is 112 cm³/mol. The van der Waals surface area contributed by atoms with E-state index in [4.69, 9.17) is 9.47 Å². The first kappa shape index (κ1) is 20.4. The van der Waals surface area contributed by atoms with Crippen LogP contribution < -0.4 is 14.8 Å². The number of hydrogen-bond donors (Lipinski definition) is 1. The fourth-order valence-corrected chi connectivity index (χ4v) is 4.78. The zero-order valence-corrected chi connectivity index (χ0v) is 17.4. The van der Waals surface area contributed by atoms with Crippen molar-refractivity contribution in [3.8, 4) is 23.6 Å². The van der Waals surface area contributed by atoms with Crippen molar-refractivity contribution in [2.45, 2.75) is 32.6 Å². The number of ether oxygens (including phenoxy) is 2. The van der Waals surface area contributed by atoms with Crippen LogP contribution in [0, 0.1) is 29.6 Å². The maximum absolute atomic E-state index is 12.8. The second kappa shape index (κ2) is 8.81. The van der Waals surface area contributed by atoms with E-state index in [1.807, 2.05) is 13.0 Å². The maximum Gasteiger partial charge on any atom is 0.266 e. The number of nitrogens with zero attached hydrogens (tertiary/aromatic N) is 2. The number of amides is 1. The first-order chi connectivity index (χ1) is 14.0. The molecule has 0 saturated carbocycles. The van der Waals surface area contributed by atoms with Gasteiger partial charge in [0.25, 0.3) is 5.91 Å². The summed E-state index contributed by atoms with van der Waals surface area (Å²) in [5.41, 5.74) is 2.87. The minimum Gasteiger partial charge on any atom is -0.496 e. The number of nitriles is 2. The van der Waals surface area contributed by atoms with Crippen molar-refractivity contribution in [3.63, 3.8) is 0 Å².